The summed E-state index contributed by atoms with van der Waals surface area (Å²) in [7, 11) is 3.64. The SMILES string of the molecule is COc1cc(C(=O)N2[C@H]3CC[C@@H]2[C@H](N)C3)cc2nc(-c3cc4ccc5cc4n3CCCOC[C@H]3C[C@H]3C(=O)N[C@@H]5C)n(C)c12. The minimum Gasteiger partial charge on any atom is -0.494 e. The molecule has 10 heteroatoms. The van der Waals surface area contributed by atoms with E-state index in [4.69, 9.17) is 20.2 Å². The van der Waals surface area contributed by atoms with Gasteiger partial charge in [-0.2, -0.15) is 0 Å². The summed E-state index contributed by atoms with van der Waals surface area (Å²) >= 11 is 0. The standard InChI is InChI=1S/C34H40N6O4/c1-18-19-5-6-20-14-29(39(28(20)13-19)9-4-10-44-17-22-11-24(22)33(41)36-18)32-37-26-12-21(15-30(43-3)31(26)38(32)2)34(42)40-23-7-8-27(40)25(35)16-23/h5-6,12-15,18,22-25,27H,4,7-11,16-17,35H2,1-3H3,(H,36,41)/t18-,22-,23+,24-,25-,27-/m1/s1. The minimum atomic E-state index is -0.0971. The first-order valence-corrected chi connectivity index (χ1v) is 16.0. The van der Waals surface area contributed by atoms with Crippen LogP contribution >= 0.6 is 0 Å². The summed E-state index contributed by atoms with van der Waals surface area (Å²) in [6.45, 7) is 4.07. The van der Waals surface area contributed by atoms with E-state index in [1.807, 2.05) is 31.0 Å². The fourth-order valence-electron chi connectivity index (χ4n) is 8.00. The molecule has 44 heavy (non-hydrogen) atoms. The largest absolute Gasteiger partial charge is 0.494 e. The van der Waals surface area contributed by atoms with Crippen LogP contribution in [0.5, 0.6) is 5.75 Å². The number of nitrogens with one attached hydrogen (secondary N) is 1. The van der Waals surface area contributed by atoms with E-state index in [1.54, 1.807) is 7.11 Å². The molecule has 230 valence electrons. The third kappa shape index (κ3) is 4.33. The van der Waals surface area contributed by atoms with Crippen molar-refractivity contribution in [3.63, 3.8) is 0 Å². The summed E-state index contributed by atoms with van der Waals surface area (Å²) in [5.74, 6) is 1.92. The van der Waals surface area contributed by atoms with Crippen LogP contribution in [0.1, 0.15) is 61.0 Å². The molecule has 1 saturated carbocycles. The number of fused-ring (bicyclic) bond motifs is 5. The van der Waals surface area contributed by atoms with E-state index < -0.39 is 0 Å². The molecule has 2 saturated heterocycles. The van der Waals surface area contributed by atoms with Gasteiger partial charge in [0.1, 0.15) is 11.3 Å². The van der Waals surface area contributed by atoms with Gasteiger partial charge in [-0.3, -0.25) is 9.59 Å². The van der Waals surface area contributed by atoms with Crippen LogP contribution in [0.2, 0.25) is 0 Å². The van der Waals surface area contributed by atoms with Gasteiger partial charge in [0, 0.05) is 60.7 Å². The summed E-state index contributed by atoms with van der Waals surface area (Å²) in [5, 5.41) is 4.32. The first-order valence-electron chi connectivity index (χ1n) is 16.0. The first kappa shape index (κ1) is 27.6. The third-order valence-electron chi connectivity index (χ3n) is 10.5. The number of nitrogens with two attached hydrogens (primary N) is 1. The van der Waals surface area contributed by atoms with Gasteiger partial charge in [0.25, 0.3) is 5.91 Å². The van der Waals surface area contributed by atoms with Gasteiger partial charge in [-0.05, 0) is 74.8 Å². The number of hydrogen-bond acceptors (Lipinski definition) is 6. The van der Waals surface area contributed by atoms with Crippen molar-refractivity contribution in [2.24, 2.45) is 24.6 Å². The van der Waals surface area contributed by atoms with E-state index in [0.717, 1.165) is 77.7 Å². The number of imidazole rings is 1. The van der Waals surface area contributed by atoms with Crippen LogP contribution in [0, 0.1) is 11.8 Å². The molecule has 2 aromatic carbocycles. The summed E-state index contributed by atoms with van der Waals surface area (Å²) in [4.78, 5) is 33.8. The Balaban J connectivity index is 1.21. The Kier molecular flexibility index (Phi) is 6.50. The number of aryl methyl sites for hydroxylation is 2. The number of amides is 2. The number of carbonyl (C=O) groups excluding carboxylic acids is 2. The molecule has 6 atom stereocenters. The number of benzene rings is 2. The maximum atomic E-state index is 13.8. The lowest BCUT2D eigenvalue weighted by Gasteiger charge is -2.23. The van der Waals surface area contributed by atoms with Crippen LogP contribution in [0.3, 0.4) is 0 Å². The molecule has 0 radical (unpaired) electrons. The molecule has 4 aromatic rings. The number of ether oxygens (including phenoxy) is 2. The topological polar surface area (TPSA) is 117 Å². The van der Waals surface area contributed by atoms with Crippen molar-refractivity contribution < 1.29 is 19.1 Å². The van der Waals surface area contributed by atoms with Crippen molar-refractivity contribution >= 4 is 33.8 Å². The zero-order valence-electron chi connectivity index (χ0n) is 25.6. The molecule has 3 aliphatic heterocycles. The van der Waals surface area contributed by atoms with Gasteiger partial charge in [-0.25, -0.2) is 4.98 Å². The second kappa shape index (κ2) is 10.3. The van der Waals surface area contributed by atoms with E-state index >= 15 is 0 Å². The van der Waals surface area contributed by atoms with Crippen LogP contribution in [-0.2, 0) is 23.1 Å². The molecule has 0 unspecified atom stereocenters. The molecule has 0 spiro atoms. The van der Waals surface area contributed by atoms with E-state index in [9.17, 15) is 9.59 Å². The second-order valence-electron chi connectivity index (χ2n) is 13.2. The van der Waals surface area contributed by atoms with E-state index in [0.29, 0.717) is 30.4 Å². The second-order valence-corrected chi connectivity index (χ2v) is 13.2. The van der Waals surface area contributed by atoms with Crippen LogP contribution in [0.4, 0.5) is 0 Å². The summed E-state index contributed by atoms with van der Waals surface area (Å²) in [6, 6.07) is 12.6. The third-order valence-corrected chi connectivity index (χ3v) is 10.5. The molecular weight excluding hydrogens is 556 g/mol. The van der Waals surface area contributed by atoms with Gasteiger partial charge >= 0.3 is 0 Å². The number of carbonyl (C=O) groups is 2. The highest BCUT2D eigenvalue weighted by molar-refractivity contribution is 6.01. The molecule has 3 fully saturated rings. The highest BCUT2D eigenvalue weighted by Gasteiger charge is 2.47. The van der Waals surface area contributed by atoms with Crippen LogP contribution < -0.4 is 15.8 Å². The minimum absolute atomic E-state index is 0.00591. The maximum Gasteiger partial charge on any atom is 0.254 e. The molecule has 1 aliphatic carbocycles. The molecule has 8 rings (SSSR count). The number of aromatic nitrogens is 3. The number of nitrogens with zero attached hydrogens (tertiary/aromatic N) is 4. The first-order chi connectivity index (χ1) is 21.3. The molecule has 2 aromatic heterocycles. The fourth-order valence-corrected chi connectivity index (χ4v) is 8.00. The highest BCUT2D eigenvalue weighted by atomic mass is 16.5. The number of methoxy groups -OCH3 is 1. The quantitative estimate of drug-likeness (QED) is 0.367. The molecule has 10 nitrogen and oxygen atoms in total. The lowest BCUT2D eigenvalue weighted by molar-refractivity contribution is -0.123. The summed E-state index contributed by atoms with van der Waals surface area (Å²) in [5.41, 5.74) is 11.7. The van der Waals surface area contributed by atoms with Crippen molar-refractivity contribution in [3.05, 3.63) is 47.5 Å². The van der Waals surface area contributed by atoms with Gasteiger partial charge in [-0.15, -0.1) is 0 Å². The van der Waals surface area contributed by atoms with Crippen molar-refractivity contribution in [1.29, 1.82) is 0 Å². The number of rotatable bonds is 3. The normalized spacial score (nSPS) is 28.4. The average Bonchev–Trinajstić information content (AvgIpc) is 3.24. The lowest BCUT2D eigenvalue weighted by Crippen LogP contribution is -2.40. The van der Waals surface area contributed by atoms with Gasteiger partial charge in [0.05, 0.1) is 31.0 Å². The Morgan fingerprint density at radius 1 is 1.16 bits per heavy atom. The Bertz CT molecular complexity index is 1810. The van der Waals surface area contributed by atoms with Crippen molar-refractivity contribution in [3.8, 4) is 17.3 Å². The van der Waals surface area contributed by atoms with Crippen LogP contribution in [0.25, 0.3) is 33.5 Å². The Labute approximate surface area is 256 Å². The average molecular weight is 597 g/mol. The monoisotopic (exact) mass is 596 g/mol. The van der Waals surface area contributed by atoms with Gasteiger partial charge in [-0.1, -0.05) is 12.1 Å². The fraction of sp³-hybridized carbons (Fsp3) is 0.500. The lowest BCUT2D eigenvalue weighted by atomic mass is 9.97. The molecule has 4 bridgehead atoms. The molecule has 4 aliphatic rings. The zero-order valence-corrected chi connectivity index (χ0v) is 25.6. The van der Waals surface area contributed by atoms with Crippen molar-refractivity contribution in [1.82, 2.24) is 24.3 Å². The molecule has 3 N–H and O–H groups in total. The van der Waals surface area contributed by atoms with Crippen LogP contribution in [0.15, 0.2) is 36.4 Å². The van der Waals surface area contributed by atoms with E-state index in [2.05, 4.69) is 38.7 Å². The highest BCUT2D eigenvalue weighted by Crippen LogP contribution is 2.41. The van der Waals surface area contributed by atoms with E-state index in [1.165, 1.54) is 0 Å². The van der Waals surface area contributed by atoms with Gasteiger partial charge in [0.2, 0.25) is 5.91 Å². The van der Waals surface area contributed by atoms with E-state index in [-0.39, 0.29) is 41.9 Å². The van der Waals surface area contributed by atoms with Crippen molar-refractivity contribution in [2.75, 3.05) is 20.3 Å². The zero-order chi connectivity index (χ0) is 30.3. The molecular formula is C34H40N6O4. The molecule has 2 amide bonds. The maximum absolute atomic E-state index is 13.8. The summed E-state index contributed by atoms with van der Waals surface area (Å²) in [6.07, 6.45) is 4.59. The van der Waals surface area contributed by atoms with Crippen LogP contribution in [-0.4, -0.2) is 69.3 Å². The Morgan fingerprint density at radius 3 is 2.80 bits per heavy atom. The van der Waals surface area contributed by atoms with Gasteiger partial charge in [0.15, 0.2) is 5.82 Å². The Morgan fingerprint density at radius 2 is 2.02 bits per heavy atom. The predicted octanol–water partition coefficient (Wildman–Crippen LogP) is 4.14. The number of hydrogen-bond donors (Lipinski definition) is 2. The predicted molar refractivity (Wildman–Crippen MR) is 167 cm³/mol. The van der Waals surface area contributed by atoms with Gasteiger partial charge < -0.3 is 34.6 Å². The smallest absolute Gasteiger partial charge is 0.254 e. The summed E-state index contributed by atoms with van der Waals surface area (Å²) < 4.78 is 16.2. The van der Waals surface area contributed by atoms with Crippen molar-refractivity contribution in [2.45, 2.75) is 69.7 Å². The Hall–Kier alpha value is -3.89. The molecule has 5 heterocycles.